The maximum Gasteiger partial charge on any atom is 0.162 e. The minimum absolute atomic E-state index is 0.389. The summed E-state index contributed by atoms with van der Waals surface area (Å²) in [5.74, 6) is 2.21. The molecule has 0 bridgehead atoms. The molecule has 0 aliphatic heterocycles. The van der Waals surface area contributed by atoms with Crippen LogP contribution in [0.3, 0.4) is 0 Å². The van der Waals surface area contributed by atoms with Crippen LogP contribution in [-0.2, 0) is 10.3 Å². The molecule has 1 heterocycles. The van der Waals surface area contributed by atoms with Crippen LogP contribution in [0.4, 0.5) is 5.82 Å². The Bertz CT molecular complexity index is 474. The Morgan fingerprint density at radius 1 is 1.24 bits per heavy atom. The molecule has 0 amide bonds. The van der Waals surface area contributed by atoms with Gasteiger partial charge in [-0.15, -0.1) is 0 Å². The lowest BCUT2D eigenvalue weighted by Crippen LogP contribution is -2.30. The van der Waals surface area contributed by atoms with Crippen LogP contribution >= 0.6 is 15.9 Å². The zero-order valence-electron chi connectivity index (χ0n) is 13.5. The van der Waals surface area contributed by atoms with Crippen LogP contribution in [0, 0.1) is 0 Å². The van der Waals surface area contributed by atoms with Gasteiger partial charge in [-0.25, -0.2) is 9.97 Å². The van der Waals surface area contributed by atoms with Gasteiger partial charge in [0, 0.05) is 20.1 Å². The van der Waals surface area contributed by atoms with Crippen molar-refractivity contribution in [3.8, 4) is 0 Å². The number of anilines is 1. The van der Waals surface area contributed by atoms with E-state index in [1.165, 1.54) is 25.7 Å². The second-order valence-electron chi connectivity index (χ2n) is 5.73. The number of hydrogen-bond acceptors (Lipinski definition) is 4. The maximum atomic E-state index is 5.81. The summed E-state index contributed by atoms with van der Waals surface area (Å²) in [6.07, 6.45) is 6.77. The predicted molar refractivity (Wildman–Crippen MR) is 89.8 cm³/mol. The fourth-order valence-corrected chi connectivity index (χ4v) is 3.95. The zero-order valence-corrected chi connectivity index (χ0v) is 15.1. The van der Waals surface area contributed by atoms with E-state index in [4.69, 9.17) is 14.7 Å². The lowest BCUT2D eigenvalue weighted by atomic mass is 9.95. The third-order valence-corrected chi connectivity index (χ3v) is 5.58. The Labute approximate surface area is 136 Å². The van der Waals surface area contributed by atoms with Gasteiger partial charge in [-0.05, 0) is 41.6 Å². The standard InChI is InChI=1S/C16H26BrN3O/c1-5-16(6-2,21-4)15-19-13(11-9-7-8-10-11)12(17)14(18-3)20-15/h11H,5-10H2,1-4H3,(H,18,19,20). The first-order valence-electron chi connectivity index (χ1n) is 7.92. The summed E-state index contributed by atoms with van der Waals surface area (Å²) in [6, 6.07) is 0. The van der Waals surface area contributed by atoms with Crippen LogP contribution in [-0.4, -0.2) is 24.1 Å². The van der Waals surface area contributed by atoms with Crippen molar-refractivity contribution in [2.45, 2.75) is 63.9 Å². The number of methoxy groups -OCH3 is 1. The van der Waals surface area contributed by atoms with Crippen LogP contribution in [0.15, 0.2) is 4.47 Å². The lowest BCUT2D eigenvalue weighted by Gasteiger charge is -2.30. The van der Waals surface area contributed by atoms with E-state index in [-0.39, 0.29) is 5.60 Å². The van der Waals surface area contributed by atoms with Crippen molar-refractivity contribution in [1.82, 2.24) is 9.97 Å². The minimum Gasteiger partial charge on any atom is -0.372 e. The smallest absolute Gasteiger partial charge is 0.162 e. The molecule has 0 aromatic carbocycles. The molecular weight excluding hydrogens is 330 g/mol. The van der Waals surface area contributed by atoms with Gasteiger partial charge in [0.15, 0.2) is 5.82 Å². The Morgan fingerprint density at radius 2 is 1.86 bits per heavy atom. The van der Waals surface area contributed by atoms with E-state index in [9.17, 15) is 0 Å². The molecule has 2 rings (SSSR count). The van der Waals surface area contributed by atoms with Gasteiger partial charge in [0.2, 0.25) is 0 Å². The third-order valence-electron chi connectivity index (χ3n) is 4.80. The van der Waals surface area contributed by atoms with E-state index in [1.54, 1.807) is 7.11 Å². The number of ether oxygens (including phenoxy) is 1. The molecule has 118 valence electrons. The van der Waals surface area contributed by atoms with Crippen molar-refractivity contribution >= 4 is 21.7 Å². The molecule has 1 fully saturated rings. The van der Waals surface area contributed by atoms with Crippen molar-refractivity contribution in [3.05, 3.63) is 16.0 Å². The quantitative estimate of drug-likeness (QED) is 0.809. The van der Waals surface area contributed by atoms with Gasteiger partial charge in [-0.2, -0.15) is 0 Å². The fourth-order valence-electron chi connectivity index (χ4n) is 3.25. The molecule has 1 aromatic heterocycles. The molecule has 21 heavy (non-hydrogen) atoms. The molecule has 0 saturated heterocycles. The number of aromatic nitrogens is 2. The van der Waals surface area contributed by atoms with Gasteiger partial charge in [-0.3, -0.25) is 0 Å². The van der Waals surface area contributed by atoms with Crippen molar-refractivity contribution in [2.24, 2.45) is 0 Å². The van der Waals surface area contributed by atoms with Crippen molar-refractivity contribution in [1.29, 1.82) is 0 Å². The van der Waals surface area contributed by atoms with Crippen molar-refractivity contribution in [2.75, 3.05) is 19.5 Å². The first kappa shape index (κ1) is 16.7. The average molecular weight is 356 g/mol. The van der Waals surface area contributed by atoms with Crippen molar-refractivity contribution < 1.29 is 4.74 Å². The van der Waals surface area contributed by atoms with E-state index in [0.29, 0.717) is 5.92 Å². The Balaban J connectivity index is 2.53. The summed E-state index contributed by atoms with van der Waals surface area (Å²) in [7, 11) is 3.66. The van der Waals surface area contributed by atoms with Gasteiger partial charge in [-0.1, -0.05) is 26.7 Å². The number of nitrogens with zero attached hydrogens (tertiary/aromatic N) is 2. The van der Waals surface area contributed by atoms with Crippen LogP contribution < -0.4 is 5.32 Å². The molecule has 0 atom stereocenters. The van der Waals surface area contributed by atoms with Gasteiger partial charge >= 0.3 is 0 Å². The summed E-state index contributed by atoms with van der Waals surface area (Å²) in [6.45, 7) is 4.26. The first-order chi connectivity index (χ1) is 10.1. The number of hydrogen-bond donors (Lipinski definition) is 1. The molecular formula is C16H26BrN3O. The second-order valence-corrected chi connectivity index (χ2v) is 6.52. The molecule has 4 nitrogen and oxygen atoms in total. The Hall–Kier alpha value is -0.680. The molecule has 0 radical (unpaired) electrons. The highest BCUT2D eigenvalue weighted by Gasteiger charge is 2.34. The van der Waals surface area contributed by atoms with Crippen LogP contribution in [0.25, 0.3) is 0 Å². The monoisotopic (exact) mass is 355 g/mol. The van der Waals surface area contributed by atoms with E-state index in [2.05, 4.69) is 35.1 Å². The highest BCUT2D eigenvalue weighted by atomic mass is 79.9. The summed E-state index contributed by atoms with van der Waals surface area (Å²) >= 11 is 3.69. The Morgan fingerprint density at radius 3 is 2.33 bits per heavy atom. The molecule has 1 aliphatic carbocycles. The molecule has 0 spiro atoms. The zero-order chi connectivity index (χ0) is 15.5. The predicted octanol–water partition coefficient (Wildman–Crippen LogP) is 4.60. The summed E-state index contributed by atoms with van der Waals surface area (Å²) in [5.41, 5.74) is 0.754. The van der Waals surface area contributed by atoms with Gasteiger partial charge in [0.25, 0.3) is 0 Å². The first-order valence-corrected chi connectivity index (χ1v) is 8.72. The number of nitrogens with one attached hydrogen (secondary N) is 1. The molecule has 1 aromatic rings. The number of rotatable bonds is 6. The van der Waals surface area contributed by atoms with E-state index in [1.807, 2.05) is 7.05 Å². The molecule has 1 saturated carbocycles. The highest BCUT2D eigenvalue weighted by molar-refractivity contribution is 9.10. The molecule has 1 aliphatic rings. The van der Waals surface area contributed by atoms with Gasteiger partial charge in [0.05, 0.1) is 10.2 Å². The van der Waals surface area contributed by atoms with E-state index >= 15 is 0 Å². The fraction of sp³-hybridized carbons (Fsp3) is 0.750. The summed E-state index contributed by atoms with van der Waals surface area (Å²) in [5, 5.41) is 3.19. The van der Waals surface area contributed by atoms with Crippen LogP contribution in [0.1, 0.15) is 69.8 Å². The van der Waals surface area contributed by atoms with Crippen LogP contribution in [0.5, 0.6) is 0 Å². The number of halogens is 1. The highest BCUT2D eigenvalue weighted by Crippen LogP contribution is 2.40. The topological polar surface area (TPSA) is 47.0 Å². The van der Waals surface area contributed by atoms with E-state index in [0.717, 1.165) is 34.7 Å². The van der Waals surface area contributed by atoms with E-state index < -0.39 is 0 Å². The van der Waals surface area contributed by atoms with Crippen molar-refractivity contribution in [3.63, 3.8) is 0 Å². The summed E-state index contributed by atoms with van der Waals surface area (Å²) < 4.78 is 6.82. The van der Waals surface area contributed by atoms with Gasteiger partial charge < -0.3 is 10.1 Å². The largest absolute Gasteiger partial charge is 0.372 e. The SMILES string of the molecule is CCC(CC)(OC)c1nc(NC)c(Br)c(C2CCCC2)n1. The lowest BCUT2D eigenvalue weighted by molar-refractivity contribution is -0.0292. The molecule has 5 heteroatoms. The third kappa shape index (κ3) is 3.09. The molecule has 0 unspecified atom stereocenters. The Kier molecular flexibility index (Phi) is 5.60. The normalized spacial score (nSPS) is 16.4. The van der Waals surface area contributed by atoms with Gasteiger partial charge in [0.1, 0.15) is 11.4 Å². The average Bonchev–Trinajstić information content (AvgIpc) is 3.04. The minimum atomic E-state index is -0.389. The van der Waals surface area contributed by atoms with Crippen LogP contribution in [0.2, 0.25) is 0 Å². The summed E-state index contributed by atoms with van der Waals surface area (Å²) in [4.78, 5) is 9.64. The maximum absolute atomic E-state index is 5.81. The second kappa shape index (κ2) is 7.05. The molecule has 1 N–H and O–H groups in total.